The van der Waals surface area contributed by atoms with Crippen molar-refractivity contribution in [3.8, 4) is 0 Å². The highest BCUT2D eigenvalue weighted by Gasteiger charge is 2.46. The molecule has 1 unspecified atom stereocenters. The van der Waals surface area contributed by atoms with Crippen molar-refractivity contribution in [2.45, 2.75) is 121 Å². The Morgan fingerprint density at radius 3 is 2.48 bits per heavy atom. The Kier molecular flexibility index (Phi) is 13.3. The van der Waals surface area contributed by atoms with Crippen molar-refractivity contribution in [2.24, 2.45) is 5.92 Å². The molecule has 3 atom stereocenters. The van der Waals surface area contributed by atoms with Gasteiger partial charge in [-0.25, -0.2) is 14.4 Å². The molecule has 0 radical (unpaired) electrons. The molecule has 0 spiro atoms. The maximum absolute atomic E-state index is 14.6. The molecular formula is C48H60FN11O6. The van der Waals surface area contributed by atoms with Crippen LogP contribution in [0.2, 0.25) is 0 Å². The Hall–Kier alpha value is -6.01. The molecule has 3 saturated heterocycles. The van der Waals surface area contributed by atoms with E-state index in [1.54, 1.807) is 30.6 Å². The van der Waals surface area contributed by atoms with Crippen molar-refractivity contribution in [3.63, 3.8) is 0 Å². The smallest absolute Gasteiger partial charge is 0.264 e. The number of imide groups is 2. The van der Waals surface area contributed by atoms with Crippen LogP contribution in [0.1, 0.15) is 122 Å². The maximum atomic E-state index is 14.6. The number of pyridine rings is 1. The lowest BCUT2D eigenvalue weighted by atomic mass is 9.83. The van der Waals surface area contributed by atoms with Crippen LogP contribution in [0, 0.1) is 5.92 Å². The number of methoxy groups -OCH3 is 1. The Morgan fingerprint density at radius 2 is 1.74 bits per heavy atom. The van der Waals surface area contributed by atoms with E-state index < -0.39 is 41.9 Å². The predicted octanol–water partition coefficient (Wildman–Crippen LogP) is 5.76. The average Bonchev–Trinajstić information content (AvgIpc) is 3.82. The molecule has 1 aromatic carbocycles. The molecule has 0 bridgehead atoms. The Bertz CT molecular complexity index is 2480. The summed E-state index contributed by atoms with van der Waals surface area (Å²) in [4.78, 5) is 83.9. The lowest BCUT2D eigenvalue weighted by Gasteiger charge is -2.33. The summed E-state index contributed by atoms with van der Waals surface area (Å²) < 4.78 is 22.0. The number of anilines is 4. The van der Waals surface area contributed by atoms with Crippen molar-refractivity contribution in [1.29, 1.82) is 0 Å². The molecular weight excluding hydrogens is 846 g/mol. The number of rotatable bonds is 14. The van der Waals surface area contributed by atoms with Gasteiger partial charge in [-0.1, -0.05) is 6.07 Å². The van der Waals surface area contributed by atoms with Gasteiger partial charge < -0.3 is 35.1 Å². The lowest BCUT2D eigenvalue weighted by molar-refractivity contribution is -0.136. The van der Waals surface area contributed by atoms with E-state index in [4.69, 9.17) is 4.74 Å². The highest BCUT2D eigenvalue weighted by atomic mass is 19.1. The quantitative estimate of drug-likeness (QED) is 0.112. The van der Waals surface area contributed by atoms with Gasteiger partial charge in [0.1, 0.15) is 23.8 Å². The molecule has 1 aliphatic carbocycles. The van der Waals surface area contributed by atoms with Gasteiger partial charge in [-0.3, -0.25) is 34.2 Å². The van der Waals surface area contributed by atoms with Gasteiger partial charge in [0.15, 0.2) is 0 Å². The molecule has 7 heterocycles. The van der Waals surface area contributed by atoms with Gasteiger partial charge in [-0.15, -0.1) is 0 Å². The molecule has 4 aliphatic heterocycles. The zero-order chi connectivity index (χ0) is 46.1. The van der Waals surface area contributed by atoms with E-state index in [1.807, 2.05) is 23.2 Å². The van der Waals surface area contributed by atoms with Gasteiger partial charge >= 0.3 is 0 Å². The Labute approximate surface area is 383 Å². The van der Waals surface area contributed by atoms with E-state index in [0.717, 1.165) is 86.8 Å². The van der Waals surface area contributed by atoms with Gasteiger partial charge in [0.25, 0.3) is 17.7 Å². The van der Waals surface area contributed by atoms with E-state index in [9.17, 15) is 28.4 Å². The molecule has 350 valence electrons. The van der Waals surface area contributed by atoms with Crippen molar-refractivity contribution in [2.75, 3.05) is 55.4 Å². The first kappa shape index (κ1) is 45.2. The van der Waals surface area contributed by atoms with E-state index in [2.05, 4.69) is 59.5 Å². The number of benzene rings is 1. The Balaban J connectivity index is 0.720. The number of piperidine rings is 3. The minimum atomic E-state index is -1.12. The standard InChI is InChI=1S/C48H60FN11O6/c1-28(2)59-26-34(33-25-51-41(24-38(33)59)54-40-15-19-50-48(55-40)58-23-18-39(66-3)35(49)27-58)44(62)53-31-16-21-57(22-17-31)20-5-6-29-9-11-30(12-10-29)52-36-8-4-7-32-43(36)47(65)60(46(32)64)37-13-14-42(61)56-45(37)63/h4,7-8,15,19,24-26,28-31,35,37,39,52H,5-6,9-14,16-18,20-23,27H2,1-3H3,(H,53,62)(H,56,61,63)(H,50,51,54,55)/t29-,30-,35-,37?,39+/m1/s1. The summed E-state index contributed by atoms with van der Waals surface area (Å²) in [5, 5.41) is 13.2. The summed E-state index contributed by atoms with van der Waals surface area (Å²) in [5.41, 5.74) is 2.70. The third-order valence-electron chi connectivity index (χ3n) is 14.2. The number of alkyl halides is 1. The van der Waals surface area contributed by atoms with Crippen LogP contribution in [0.15, 0.2) is 48.9 Å². The molecule has 18 heteroatoms. The molecule has 4 N–H and O–H groups in total. The van der Waals surface area contributed by atoms with Crippen molar-refractivity contribution in [1.82, 2.24) is 40.0 Å². The fraction of sp³-hybridized carbons (Fsp3) is 0.542. The number of aromatic nitrogens is 4. The maximum Gasteiger partial charge on any atom is 0.264 e. The number of hydrogen-bond donors (Lipinski definition) is 4. The topological polar surface area (TPSA) is 196 Å². The monoisotopic (exact) mass is 905 g/mol. The summed E-state index contributed by atoms with van der Waals surface area (Å²) >= 11 is 0. The first-order valence-electron chi connectivity index (χ1n) is 23.6. The minimum absolute atomic E-state index is 0.0850. The number of carbonyl (C=O) groups excluding carboxylic acids is 5. The zero-order valence-electron chi connectivity index (χ0n) is 37.9. The molecule has 3 aromatic heterocycles. The molecule has 4 aromatic rings. The first-order chi connectivity index (χ1) is 31.9. The summed E-state index contributed by atoms with van der Waals surface area (Å²) in [5.74, 6) is 0.0931. The molecule has 5 aliphatic rings. The third kappa shape index (κ3) is 9.47. The van der Waals surface area contributed by atoms with E-state index in [1.165, 1.54) is 7.11 Å². The number of halogens is 1. The van der Waals surface area contributed by atoms with Gasteiger partial charge in [-0.2, -0.15) is 4.98 Å². The van der Waals surface area contributed by atoms with E-state index in [0.29, 0.717) is 53.3 Å². The number of nitrogens with one attached hydrogen (secondary N) is 4. The highest BCUT2D eigenvalue weighted by molar-refractivity contribution is 6.25. The van der Waals surface area contributed by atoms with Crippen LogP contribution in [0.5, 0.6) is 0 Å². The minimum Gasteiger partial charge on any atom is -0.382 e. The number of fused-ring (bicyclic) bond motifs is 2. The number of amides is 5. The molecule has 17 nitrogen and oxygen atoms in total. The van der Waals surface area contributed by atoms with Gasteiger partial charge in [0.2, 0.25) is 17.8 Å². The SMILES string of the molecule is CO[C@H]1CCN(c2nccc(Nc3cc4c(cn3)c(C(=O)NC3CCN(CCC[C@H]5CC[C@H](Nc6cccc7c6C(=O)N(C6CCC(=O)NC6=O)C7=O)CC5)CC3)cn4C(C)C)n2)C[C@H]1F. The Morgan fingerprint density at radius 1 is 0.939 bits per heavy atom. The second-order valence-corrected chi connectivity index (χ2v) is 18.8. The van der Waals surface area contributed by atoms with Crippen LogP contribution in [0.3, 0.4) is 0 Å². The zero-order valence-corrected chi connectivity index (χ0v) is 37.9. The first-order valence-corrected chi connectivity index (χ1v) is 23.6. The van der Waals surface area contributed by atoms with Crippen LogP contribution < -0.4 is 26.2 Å². The van der Waals surface area contributed by atoms with E-state index in [-0.39, 0.29) is 49.0 Å². The fourth-order valence-electron chi connectivity index (χ4n) is 10.5. The van der Waals surface area contributed by atoms with Crippen molar-refractivity contribution in [3.05, 3.63) is 65.6 Å². The van der Waals surface area contributed by atoms with Crippen LogP contribution in [0.25, 0.3) is 10.9 Å². The van der Waals surface area contributed by atoms with Gasteiger partial charge in [0, 0.05) is 87.0 Å². The third-order valence-corrected chi connectivity index (χ3v) is 14.2. The number of carbonyl (C=O) groups is 5. The highest BCUT2D eigenvalue weighted by Crippen LogP contribution is 2.36. The molecule has 5 amide bonds. The van der Waals surface area contributed by atoms with Crippen LogP contribution in [-0.2, 0) is 14.3 Å². The summed E-state index contributed by atoms with van der Waals surface area (Å²) in [7, 11) is 1.53. The van der Waals surface area contributed by atoms with Gasteiger partial charge in [0.05, 0.1) is 34.9 Å². The summed E-state index contributed by atoms with van der Waals surface area (Å²) in [6.07, 6.45) is 12.7. The normalized spacial score (nSPS) is 24.2. The molecule has 66 heavy (non-hydrogen) atoms. The van der Waals surface area contributed by atoms with Crippen LogP contribution >= 0.6 is 0 Å². The largest absolute Gasteiger partial charge is 0.382 e. The summed E-state index contributed by atoms with van der Waals surface area (Å²) in [6.45, 7) is 7.82. The number of likely N-dealkylation sites (tertiary alicyclic amines) is 1. The molecule has 4 fully saturated rings. The molecule has 1 saturated carbocycles. The summed E-state index contributed by atoms with van der Waals surface area (Å²) in [6, 6.07) is 8.27. The lowest BCUT2D eigenvalue weighted by Crippen LogP contribution is -2.54. The average molecular weight is 906 g/mol. The van der Waals surface area contributed by atoms with E-state index >= 15 is 0 Å². The van der Waals surface area contributed by atoms with Crippen molar-refractivity contribution >= 4 is 63.7 Å². The van der Waals surface area contributed by atoms with Gasteiger partial charge in [-0.05, 0) is 109 Å². The second-order valence-electron chi connectivity index (χ2n) is 18.8. The molecule has 9 rings (SSSR count). The number of hydrogen-bond acceptors (Lipinski definition) is 13. The fourth-order valence-corrected chi connectivity index (χ4v) is 10.5. The van der Waals surface area contributed by atoms with Crippen LogP contribution in [-0.4, -0.2) is 129 Å². The predicted molar refractivity (Wildman–Crippen MR) is 247 cm³/mol. The number of nitrogens with zero attached hydrogens (tertiary/aromatic N) is 7. The second kappa shape index (κ2) is 19.5. The number of ether oxygens (including phenoxy) is 1. The van der Waals surface area contributed by atoms with Crippen molar-refractivity contribution < 1.29 is 33.1 Å². The van der Waals surface area contributed by atoms with Crippen LogP contribution in [0.4, 0.5) is 27.7 Å².